The average Bonchev–Trinajstić information content (AvgIpc) is 2.27. The van der Waals surface area contributed by atoms with Crippen LogP contribution < -0.4 is 0 Å². The van der Waals surface area contributed by atoms with E-state index < -0.39 is 17.4 Å². The largest absolute Gasteiger partial charge is 0.465 e. The molecule has 2 N–H and O–H groups in total. The van der Waals surface area contributed by atoms with Crippen LogP contribution in [0.15, 0.2) is 30.3 Å². The predicted molar refractivity (Wildman–Crippen MR) is 79.6 cm³/mol. The van der Waals surface area contributed by atoms with E-state index in [1.54, 1.807) is 20.8 Å². The summed E-state index contributed by atoms with van der Waals surface area (Å²) in [6, 6.07) is 9.47. The van der Waals surface area contributed by atoms with Crippen LogP contribution in [0.2, 0.25) is 0 Å². The number of hydrogen-bond acceptors (Lipinski definition) is 2. The number of carboxylic acid groups (broad SMARTS) is 1. The van der Waals surface area contributed by atoms with Gasteiger partial charge in [0.1, 0.15) is 5.72 Å². The molecule has 1 aromatic carbocycles. The summed E-state index contributed by atoms with van der Waals surface area (Å²) in [5.74, 6) is -0.224. The minimum absolute atomic E-state index is 0.224. The van der Waals surface area contributed by atoms with E-state index in [1.165, 1.54) is 0 Å². The average molecular weight is 279 g/mol. The molecular formula is C16H25NO3. The highest BCUT2D eigenvalue weighted by Crippen LogP contribution is 2.32. The lowest BCUT2D eigenvalue weighted by atomic mass is 9.87. The molecule has 0 aromatic heterocycles. The Kier molecular flexibility index (Phi) is 4.81. The summed E-state index contributed by atoms with van der Waals surface area (Å²) in [6.07, 6.45) is -0.834. The smallest absolute Gasteiger partial charge is 0.410 e. The van der Waals surface area contributed by atoms with E-state index >= 15 is 0 Å². The van der Waals surface area contributed by atoms with Crippen LogP contribution in [-0.2, 0) is 6.42 Å². The minimum Gasteiger partial charge on any atom is -0.465 e. The maximum Gasteiger partial charge on any atom is 0.410 e. The molecule has 0 saturated heterocycles. The Labute approximate surface area is 121 Å². The molecule has 1 aromatic rings. The van der Waals surface area contributed by atoms with Gasteiger partial charge in [-0.25, -0.2) is 4.79 Å². The minimum atomic E-state index is -1.44. The highest BCUT2D eigenvalue weighted by Gasteiger charge is 2.46. The third-order valence-electron chi connectivity index (χ3n) is 3.48. The number of amides is 1. The van der Waals surface area contributed by atoms with Crippen LogP contribution in [-0.4, -0.2) is 32.5 Å². The van der Waals surface area contributed by atoms with Crippen molar-refractivity contribution in [3.8, 4) is 0 Å². The van der Waals surface area contributed by atoms with Crippen LogP contribution in [0.5, 0.6) is 0 Å². The quantitative estimate of drug-likeness (QED) is 0.831. The summed E-state index contributed by atoms with van der Waals surface area (Å²) in [7, 11) is 0. The lowest BCUT2D eigenvalue weighted by molar-refractivity contribution is -0.154. The Morgan fingerprint density at radius 1 is 1.20 bits per heavy atom. The molecule has 0 aliphatic carbocycles. The molecule has 0 aliphatic heterocycles. The summed E-state index contributed by atoms with van der Waals surface area (Å²) >= 11 is 0. The lowest BCUT2D eigenvalue weighted by Gasteiger charge is -2.48. The molecule has 0 aliphatic rings. The molecule has 4 nitrogen and oxygen atoms in total. The molecule has 112 valence electrons. The van der Waals surface area contributed by atoms with E-state index in [0.29, 0.717) is 0 Å². The Balaban J connectivity index is 3.23. The van der Waals surface area contributed by atoms with Gasteiger partial charge in [-0.1, -0.05) is 44.2 Å². The van der Waals surface area contributed by atoms with E-state index in [4.69, 9.17) is 0 Å². The molecule has 0 heterocycles. The van der Waals surface area contributed by atoms with Crippen molar-refractivity contribution in [3.63, 3.8) is 0 Å². The summed E-state index contributed by atoms with van der Waals surface area (Å²) in [4.78, 5) is 12.8. The molecule has 0 saturated carbocycles. The van der Waals surface area contributed by atoms with Gasteiger partial charge < -0.3 is 10.2 Å². The van der Waals surface area contributed by atoms with Gasteiger partial charge in [-0.2, -0.15) is 0 Å². The fraction of sp³-hybridized carbons (Fsp3) is 0.562. The number of hydrogen-bond donors (Lipinski definition) is 2. The molecule has 20 heavy (non-hydrogen) atoms. The Morgan fingerprint density at radius 3 is 2.05 bits per heavy atom. The van der Waals surface area contributed by atoms with Crippen LogP contribution in [0.25, 0.3) is 0 Å². The van der Waals surface area contributed by atoms with Gasteiger partial charge in [0.05, 0.1) is 0 Å². The molecule has 0 spiro atoms. The molecule has 4 heteroatoms. The van der Waals surface area contributed by atoms with Crippen LogP contribution in [0.4, 0.5) is 4.79 Å². The van der Waals surface area contributed by atoms with Crippen molar-refractivity contribution in [2.75, 3.05) is 0 Å². The van der Waals surface area contributed by atoms with Gasteiger partial charge in [-0.05, 0) is 26.3 Å². The topological polar surface area (TPSA) is 60.8 Å². The second kappa shape index (κ2) is 5.83. The van der Waals surface area contributed by atoms with Crippen LogP contribution >= 0.6 is 0 Å². The third kappa shape index (κ3) is 3.51. The van der Waals surface area contributed by atoms with Crippen molar-refractivity contribution in [2.45, 2.75) is 52.3 Å². The molecule has 1 rings (SSSR count). The molecule has 0 bridgehead atoms. The number of aliphatic hydroxyl groups is 1. The molecule has 0 fully saturated rings. The van der Waals surface area contributed by atoms with Gasteiger partial charge in [0, 0.05) is 17.9 Å². The van der Waals surface area contributed by atoms with Crippen molar-refractivity contribution >= 4 is 6.09 Å². The van der Waals surface area contributed by atoms with Gasteiger partial charge in [-0.3, -0.25) is 4.90 Å². The Bertz CT molecular complexity index is 451. The van der Waals surface area contributed by atoms with Gasteiger partial charge in [0.25, 0.3) is 0 Å². The fourth-order valence-electron chi connectivity index (χ4n) is 2.47. The van der Waals surface area contributed by atoms with Crippen molar-refractivity contribution in [1.29, 1.82) is 0 Å². The number of rotatable bonds is 4. The van der Waals surface area contributed by atoms with Crippen LogP contribution in [0.1, 0.15) is 40.2 Å². The summed E-state index contributed by atoms with van der Waals surface area (Å²) in [6.45, 7) is 9.05. The maximum absolute atomic E-state index is 11.7. The molecule has 1 atom stereocenters. The zero-order valence-corrected chi connectivity index (χ0v) is 12.9. The first-order chi connectivity index (χ1) is 9.09. The van der Waals surface area contributed by atoms with Crippen LogP contribution in [0, 0.1) is 5.92 Å². The molecule has 1 amide bonds. The van der Waals surface area contributed by atoms with Gasteiger partial charge in [0.15, 0.2) is 0 Å². The van der Waals surface area contributed by atoms with Gasteiger partial charge >= 0.3 is 6.09 Å². The summed E-state index contributed by atoms with van der Waals surface area (Å²) in [5.41, 5.74) is -1.20. The van der Waals surface area contributed by atoms with E-state index in [0.717, 1.165) is 10.5 Å². The Hall–Kier alpha value is -1.55. The number of carbonyl (C=O) groups is 1. The summed E-state index contributed by atoms with van der Waals surface area (Å²) in [5, 5.41) is 20.6. The highest BCUT2D eigenvalue weighted by molar-refractivity contribution is 5.67. The second-order valence-electron chi connectivity index (χ2n) is 6.48. The Morgan fingerprint density at radius 2 is 1.70 bits per heavy atom. The van der Waals surface area contributed by atoms with E-state index in [9.17, 15) is 15.0 Å². The summed E-state index contributed by atoms with van der Waals surface area (Å²) < 4.78 is 0. The van der Waals surface area contributed by atoms with Crippen molar-refractivity contribution in [2.24, 2.45) is 5.92 Å². The van der Waals surface area contributed by atoms with Crippen molar-refractivity contribution in [1.82, 2.24) is 4.90 Å². The second-order valence-corrected chi connectivity index (χ2v) is 6.48. The van der Waals surface area contributed by atoms with E-state index in [1.807, 2.05) is 44.2 Å². The standard InChI is InChI=1S/C16H25NO3/c1-12(2)16(20,11-13-9-7-6-8-10-13)17(14(18)19)15(3,4)5/h6-10,12,20H,11H2,1-5H3,(H,18,19)/t16-/m0/s1. The van der Waals surface area contributed by atoms with E-state index in [-0.39, 0.29) is 12.3 Å². The van der Waals surface area contributed by atoms with E-state index in [2.05, 4.69) is 0 Å². The van der Waals surface area contributed by atoms with Crippen LogP contribution in [0.3, 0.4) is 0 Å². The van der Waals surface area contributed by atoms with Crippen molar-refractivity contribution < 1.29 is 15.0 Å². The normalized spacial score (nSPS) is 14.9. The third-order valence-corrected chi connectivity index (χ3v) is 3.48. The monoisotopic (exact) mass is 279 g/mol. The number of benzene rings is 1. The maximum atomic E-state index is 11.7. The first-order valence-corrected chi connectivity index (χ1v) is 6.88. The fourth-order valence-corrected chi connectivity index (χ4v) is 2.47. The first kappa shape index (κ1) is 16.5. The molecule has 0 radical (unpaired) electrons. The zero-order valence-electron chi connectivity index (χ0n) is 12.9. The highest BCUT2D eigenvalue weighted by atomic mass is 16.4. The number of nitrogens with zero attached hydrogens (tertiary/aromatic N) is 1. The molecular weight excluding hydrogens is 254 g/mol. The van der Waals surface area contributed by atoms with Gasteiger partial charge in [-0.15, -0.1) is 0 Å². The van der Waals surface area contributed by atoms with Crippen molar-refractivity contribution in [3.05, 3.63) is 35.9 Å². The first-order valence-electron chi connectivity index (χ1n) is 6.88. The molecule has 0 unspecified atom stereocenters. The lowest BCUT2D eigenvalue weighted by Crippen LogP contribution is -2.63. The van der Waals surface area contributed by atoms with Gasteiger partial charge in [0.2, 0.25) is 0 Å². The zero-order chi connectivity index (χ0) is 15.6. The predicted octanol–water partition coefficient (Wildman–Crippen LogP) is 3.35. The SMILES string of the molecule is CC(C)[C@@](O)(Cc1ccccc1)N(C(=O)O)C(C)(C)C.